The van der Waals surface area contributed by atoms with Crippen LogP contribution in [0.2, 0.25) is 0 Å². The highest BCUT2D eigenvalue weighted by Crippen LogP contribution is 2.54. The van der Waals surface area contributed by atoms with Crippen LogP contribution < -0.4 is 10.6 Å². The van der Waals surface area contributed by atoms with Crippen LogP contribution in [0, 0.1) is 0 Å². The van der Waals surface area contributed by atoms with E-state index in [1.807, 2.05) is 18.2 Å². The zero-order valence-corrected chi connectivity index (χ0v) is 20.6. The molecule has 0 bridgehead atoms. The van der Waals surface area contributed by atoms with Gasteiger partial charge in [0.2, 0.25) is 11.8 Å². The van der Waals surface area contributed by atoms with Crippen LogP contribution in [0.25, 0.3) is 0 Å². The quantitative estimate of drug-likeness (QED) is 0.443. The molecule has 4 rings (SSSR count). The number of amides is 1. The summed E-state index contributed by atoms with van der Waals surface area (Å²) in [5, 5.41) is 0. The van der Waals surface area contributed by atoms with E-state index in [4.69, 9.17) is 24.7 Å². The maximum atomic E-state index is 14.3. The van der Waals surface area contributed by atoms with Crippen molar-refractivity contribution in [2.45, 2.75) is 25.9 Å². The summed E-state index contributed by atoms with van der Waals surface area (Å²) in [6.07, 6.45) is 0. The van der Waals surface area contributed by atoms with Gasteiger partial charge in [-0.05, 0) is 25.5 Å². The number of hydrogen-bond acceptors (Lipinski definition) is 9. The molecule has 10 nitrogen and oxygen atoms in total. The smallest absolute Gasteiger partial charge is 0.341 e. The lowest BCUT2D eigenvalue weighted by molar-refractivity contribution is -0.144. The Bertz CT molecular complexity index is 1330. The molecule has 1 spiro atoms. The summed E-state index contributed by atoms with van der Waals surface area (Å²) in [6, 6.07) is 15.6. The van der Waals surface area contributed by atoms with Gasteiger partial charge in [0, 0.05) is 11.3 Å². The number of allylic oxidation sites excluding steroid dienone is 1. The second-order valence-corrected chi connectivity index (χ2v) is 8.29. The summed E-state index contributed by atoms with van der Waals surface area (Å²) >= 11 is 0. The molecule has 2 heterocycles. The highest BCUT2D eigenvalue weighted by molar-refractivity contribution is 6.23. The molecule has 2 aliphatic rings. The Hall–Kier alpha value is -4.60. The number of carbonyl (C=O) groups is 4. The average Bonchev–Trinajstić information content (AvgIpc) is 3.11. The van der Waals surface area contributed by atoms with E-state index in [1.165, 1.54) is 6.92 Å². The molecule has 1 atom stereocenters. The van der Waals surface area contributed by atoms with Crippen molar-refractivity contribution in [2.75, 3.05) is 25.2 Å². The molecule has 192 valence electrons. The molecular formula is C27H26N2O8. The standard InChI is InChI=1S/C27H26N2O8/c1-4-35-25(32)22-23(28)37-16(2)21(24(31)34-3)27(22)18-12-8-9-13-19(18)29(26(27)33)14-20(30)36-15-17-10-6-5-7-11-17/h5-13H,4,14-15,28H2,1-3H3/t27-/m1/s1. The molecule has 1 amide bonds. The van der Waals surface area contributed by atoms with Gasteiger partial charge in [-0.3, -0.25) is 14.5 Å². The number of hydrogen-bond donors (Lipinski definition) is 1. The molecule has 0 radical (unpaired) electrons. The molecule has 2 aromatic rings. The third-order valence-corrected chi connectivity index (χ3v) is 6.18. The van der Waals surface area contributed by atoms with E-state index < -0.39 is 35.8 Å². The molecule has 0 aliphatic carbocycles. The minimum Gasteiger partial charge on any atom is -0.466 e. The zero-order chi connectivity index (χ0) is 26.7. The first-order chi connectivity index (χ1) is 17.8. The lowest BCUT2D eigenvalue weighted by Gasteiger charge is -2.36. The van der Waals surface area contributed by atoms with E-state index in [0.29, 0.717) is 5.69 Å². The van der Waals surface area contributed by atoms with E-state index in [0.717, 1.165) is 17.6 Å². The van der Waals surface area contributed by atoms with Gasteiger partial charge >= 0.3 is 17.9 Å². The van der Waals surface area contributed by atoms with Crippen LogP contribution in [-0.4, -0.2) is 44.1 Å². The number of fused-ring (bicyclic) bond motifs is 2. The fraction of sp³-hybridized carbons (Fsp3) is 0.259. The van der Waals surface area contributed by atoms with Gasteiger partial charge in [-0.15, -0.1) is 0 Å². The molecule has 0 aromatic heterocycles. The average molecular weight is 507 g/mol. The first-order valence-corrected chi connectivity index (χ1v) is 11.5. The van der Waals surface area contributed by atoms with Crippen LogP contribution in [0.15, 0.2) is 77.4 Å². The van der Waals surface area contributed by atoms with Crippen LogP contribution in [0.4, 0.5) is 5.69 Å². The summed E-state index contributed by atoms with van der Waals surface area (Å²) in [6.45, 7) is 2.54. The third-order valence-electron chi connectivity index (χ3n) is 6.18. The van der Waals surface area contributed by atoms with Crippen molar-refractivity contribution in [3.8, 4) is 0 Å². The Morgan fingerprint density at radius 3 is 2.32 bits per heavy atom. The van der Waals surface area contributed by atoms with Gasteiger partial charge in [-0.2, -0.15) is 0 Å². The van der Waals surface area contributed by atoms with Crippen LogP contribution in [0.1, 0.15) is 25.0 Å². The third kappa shape index (κ3) is 4.20. The highest BCUT2D eigenvalue weighted by Gasteiger charge is 2.64. The molecule has 0 unspecified atom stereocenters. The molecule has 37 heavy (non-hydrogen) atoms. The lowest BCUT2D eigenvalue weighted by atomic mass is 9.67. The van der Waals surface area contributed by atoms with E-state index in [1.54, 1.807) is 43.3 Å². The van der Waals surface area contributed by atoms with Crippen molar-refractivity contribution >= 4 is 29.5 Å². The minimum atomic E-state index is -2.05. The first-order valence-electron chi connectivity index (χ1n) is 11.5. The number of ether oxygens (including phenoxy) is 4. The molecule has 2 aliphatic heterocycles. The Balaban J connectivity index is 1.83. The first kappa shape index (κ1) is 25.5. The van der Waals surface area contributed by atoms with Crippen LogP contribution >= 0.6 is 0 Å². The van der Waals surface area contributed by atoms with Crippen molar-refractivity contribution in [1.29, 1.82) is 0 Å². The molecule has 2 aromatic carbocycles. The van der Waals surface area contributed by atoms with E-state index in [2.05, 4.69) is 0 Å². The van der Waals surface area contributed by atoms with Crippen molar-refractivity contribution in [3.63, 3.8) is 0 Å². The fourth-order valence-electron chi connectivity index (χ4n) is 4.70. The molecule has 0 saturated carbocycles. The Labute approximate surface area is 213 Å². The minimum absolute atomic E-state index is 0.00961. The number of nitrogens with zero attached hydrogens (tertiary/aromatic N) is 1. The van der Waals surface area contributed by atoms with Gasteiger partial charge in [-0.25, -0.2) is 9.59 Å². The topological polar surface area (TPSA) is 134 Å². The number of carbonyl (C=O) groups excluding carboxylic acids is 4. The maximum absolute atomic E-state index is 14.3. The van der Waals surface area contributed by atoms with Gasteiger partial charge in [-0.1, -0.05) is 48.5 Å². The number of rotatable bonds is 7. The number of esters is 3. The lowest BCUT2D eigenvalue weighted by Crippen LogP contribution is -2.51. The number of nitrogens with two attached hydrogens (primary N) is 1. The van der Waals surface area contributed by atoms with Crippen LogP contribution in [-0.2, 0) is 50.1 Å². The molecular weight excluding hydrogens is 480 g/mol. The Morgan fingerprint density at radius 2 is 1.65 bits per heavy atom. The summed E-state index contributed by atoms with van der Waals surface area (Å²) < 4.78 is 21.1. The van der Waals surface area contributed by atoms with Gasteiger partial charge in [0.25, 0.3) is 0 Å². The van der Waals surface area contributed by atoms with E-state index in [9.17, 15) is 19.2 Å². The number of anilines is 1. The predicted octanol–water partition coefficient (Wildman–Crippen LogP) is 2.23. The SMILES string of the molecule is CCOC(=O)C1=C(N)OC(C)=C(C(=O)OC)[C@@]12C(=O)N(CC(=O)OCc1ccccc1)c1ccccc12. The summed E-state index contributed by atoms with van der Waals surface area (Å²) in [7, 11) is 1.14. The molecule has 2 N–H and O–H groups in total. The molecule has 10 heteroatoms. The molecule has 0 fully saturated rings. The summed E-state index contributed by atoms with van der Waals surface area (Å²) in [5.74, 6) is -3.70. The van der Waals surface area contributed by atoms with Crippen LogP contribution in [0.5, 0.6) is 0 Å². The molecule has 0 saturated heterocycles. The monoisotopic (exact) mass is 506 g/mol. The van der Waals surface area contributed by atoms with Crippen molar-refractivity contribution in [2.24, 2.45) is 5.73 Å². The fourth-order valence-corrected chi connectivity index (χ4v) is 4.70. The summed E-state index contributed by atoms with van der Waals surface area (Å²) in [4.78, 5) is 54.6. The maximum Gasteiger partial charge on any atom is 0.341 e. The second kappa shape index (κ2) is 10.2. The van der Waals surface area contributed by atoms with Crippen LogP contribution in [0.3, 0.4) is 0 Å². The van der Waals surface area contributed by atoms with Crippen molar-refractivity contribution in [3.05, 3.63) is 88.5 Å². The number of para-hydroxylation sites is 1. The van der Waals surface area contributed by atoms with Crippen molar-refractivity contribution < 1.29 is 38.1 Å². The Kier molecular flexibility index (Phi) is 7.01. The second-order valence-electron chi connectivity index (χ2n) is 8.29. The van der Waals surface area contributed by atoms with E-state index >= 15 is 0 Å². The largest absolute Gasteiger partial charge is 0.466 e. The Morgan fingerprint density at radius 1 is 0.973 bits per heavy atom. The summed E-state index contributed by atoms with van der Waals surface area (Å²) in [5.41, 5.74) is 4.83. The number of methoxy groups -OCH3 is 1. The predicted molar refractivity (Wildman–Crippen MR) is 130 cm³/mol. The van der Waals surface area contributed by atoms with Gasteiger partial charge < -0.3 is 24.7 Å². The zero-order valence-electron chi connectivity index (χ0n) is 20.6. The van der Waals surface area contributed by atoms with Gasteiger partial charge in [0.05, 0.1) is 13.7 Å². The van der Waals surface area contributed by atoms with E-state index in [-0.39, 0.29) is 41.6 Å². The van der Waals surface area contributed by atoms with Gasteiger partial charge in [0.1, 0.15) is 35.5 Å². The van der Waals surface area contributed by atoms with Crippen molar-refractivity contribution in [1.82, 2.24) is 0 Å². The highest BCUT2D eigenvalue weighted by atomic mass is 16.5. The number of benzene rings is 2. The van der Waals surface area contributed by atoms with Gasteiger partial charge in [0.15, 0.2) is 0 Å². The normalized spacial score (nSPS) is 18.5.